The Morgan fingerprint density at radius 3 is 2.65 bits per heavy atom. The fraction of sp³-hybridized carbons (Fsp3) is 0.364. The van der Waals surface area contributed by atoms with E-state index in [1.807, 2.05) is 0 Å². The quantitative estimate of drug-likeness (QED) is 0.625. The second kappa shape index (κ2) is 6.51. The normalized spacial score (nSPS) is 11.7. The minimum absolute atomic E-state index is 0.0568. The summed E-state index contributed by atoms with van der Waals surface area (Å²) >= 11 is 2.99. The van der Waals surface area contributed by atoms with Crippen LogP contribution in [-0.2, 0) is 19.6 Å². The Hall–Kier alpha value is -1.19. The van der Waals surface area contributed by atoms with Crippen LogP contribution in [0.5, 0.6) is 0 Å². The van der Waals surface area contributed by atoms with E-state index in [0.717, 1.165) is 16.4 Å². The molecule has 0 saturated heterocycles. The van der Waals surface area contributed by atoms with Crippen molar-refractivity contribution in [3.8, 4) is 0 Å². The van der Waals surface area contributed by atoms with Crippen molar-refractivity contribution in [1.82, 2.24) is 4.31 Å². The molecule has 0 aliphatic carbocycles. The average molecular weight is 369 g/mol. The zero-order chi connectivity index (χ0) is 15.5. The average Bonchev–Trinajstić information content (AvgIpc) is 2.39. The Morgan fingerprint density at radius 2 is 2.10 bits per heavy atom. The monoisotopic (exact) mass is 368 g/mol. The van der Waals surface area contributed by atoms with Gasteiger partial charge in [0, 0.05) is 18.1 Å². The Balaban J connectivity index is 3.04. The molecule has 0 radical (unpaired) electrons. The number of sulfonamides is 1. The summed E-state index contributed by atoms with van der Waals surface area (Å²) in [7, 11) is -1.35. The van der Waals surface area contributed by atoms with E-state index >= 15 is 0 Å². The lowest BCUT2D eigenvalue weighted by atomic mass is 10.3. The number of nitrogens with two attached hydrogens (primary N) is 1. The van der Waals surface area contributed by atoms with Gasteiger partial charge in [-0.25, -0.2) is 17.1 Å². The number of rotatable bonds is 5. The van der Waals surface area contributed by atoms with Crippen LogP contribution in [-0.4, -0.2) is 39.4 Å². The second-order valence-electron chi connectivity index (χ2n) is 3.96. The van der Waals surface area contributed by atoms with Crippen molar-refractivity contribution < 1.29 is 22.3 Å². The van der Waals surface area contributed by atoms with Gasteiger partial charge in [0.25, 0.3) is 0 Å². The first-order chi connectivity index (χ1) is 9.20. The number of hydrogen-bond donors (Lipinski definition) is 1. The SMILES string of the molecule is COC(=O)CCN(C)S(=O)(=O)c1cc(N)c(F)cc1Br. The summed E-state index contributed by atoms with van der Waals surface area (Å²) in [5.41, 5.74) is 5.11. The minimum atomic E-state index is -3.88. The second-order valence-corrected chi connectivity index (χ2v) is 6.82. The number of carbonyl (C=O) groups excluding carboxylic acids is 1. The fourth-order valence-corrected chi connectivity index (χ4v) is 3.56. The maximum Gasteiger partial charge on any atom is 0.306 e. The van der Waals surface area contributed by atoms with Gasteiger partial charge in [0.15, 0.2) is 0 Å². The van der Waals surface area contributed by atoms with Crippen molar-refractivity contribution >= 4 is 37.6 Å². The molecule has 9 heteroatoms. The lowest BCUT2D eigenvalue weighted by Gasteiger charge is -2.18. The highest BCUT2D eigenvalue weighted by Crippen LogP contribution is 2.28. The highest BCUT2D eigenvalue weighted by molar-refractivity contribution is 9.10. The number of nitrogen functional groups attached to an aromatic ring is 1. The van der Waals surface area contributed by atoms with Gasteiger partial charge < -0.3 is 10.5 Å². The highest BCUT2D eigenvalue weighted by Gasteiger charge is 2.25. The van der Waals surface area contributed by atoms with Crippen LogP contribution in [0.2, 0.25) is 0 Å². The molecule has 0 aliphatic rings. The maximum atomic E-state index is 13.2. The third-order valence-electron chi connectivity index (χ3n) is 2.60. The van der Waals surface area contributed by atoms with E-state index < -0.39 is 21.8 Å². The smallest absolute Gasteiger partial charge is 0.306 e. The van der Waals surface area contributed by atoms with E-state index in [-0.39, 0.29) is 28.0 Å². The molecule has 0 amide bonds. The molecule has 0 aromatic heterocycles. The van der Waals surface area contributed by atoms with Crippen LogP contribution < -0.4 is 5.73 Å². The Morgan fingerprint density at radius 1 is 1.50 bits per heavy atom. The van der Waals surface area contributed by atoms with Gasteiger partial charge in [0.05, 0.1) is 24.1 Å². The molecular weight excluding hydrogens is 355 g/mol. The summed E-state index contributed by atoms with van der Waals surface area (Å²) < 4.78 is 43.3. The van der Waals surface area contributed by atoms with Gasteiger partial charge in [0.1, 0.15) is 5.82 Å². The molecule has 1 aromatic carbocycles. The van der Waals surface area contributed by atoms with E-state index in [1.54, 1.807) is 0 Å². The van der Waals surface area contributed by atoms with Gasteiger partial charge in [-0.05, 0) is 28.1 Å². The van der Waals surface area contributed by atoms with Crippen molar-refractivity contribution in [2.45, 2.75) is 11.3 Å². The molecule has 112 valence electrons. The van der Waals surface area contributed by atoms with Crippen molar-refractivity contribution in [3.63, 3.8) is 0 Å². The molecule has 0 atom stereocenters. The molecule has 1 aromatic rings. The first-order valence-corrected chi connectivity index (χ1v) is 7.71. The van der Waals surface area contributed by atoms with Gasteiger partial charge in [-0.15, -0.1) is 0 Å². The number of carbonyl (C=O) groups is 1. The number of benzene rings is 1. The molecule has 0 aliphatic heterocycles. The van der Waals surface area contributed by atoms with Crippen LogP contribution in [0.15, 0.2) is 21.5 Å². The van der Waals surface area contributed by atoms with Crippen LogP contribution in [0.1, 0.15) is 6.42 Å². The van der Waals surface area contributed by atoms with Crippen LogP contribution in [0, 0.1) is 5.82 Å². The van der Waals surface area contributed by atoms with E-state index in [4.69, 9.17) is 5.73 Å². The largest absolute Gasteiger partial charge is 0.469 e. The van der Waals surface area contributed by atoms with Crippen LogP contribution in [0.4, 0.5) is 10.1 Å². The summed E-state index contributed by atoms with van der Waals surface area (Å²) in [5, 5.41) is 0. The molecule has 2 N–H and O–H groups in total. The Kier molecular flexibility index (Phi) is 5.49. The van der Waals surface area contributed by atoms with E-state index in [9.17, 15) is 17.6 Å². The number of hydrogen-bond acceptors (Lipinski definition) is 5. The number of nitrogens with zero attached hydrogens (tertiary/aromatic N) is 1. The third-order valence-corrected chi connectivity index (χ3v) is 5.41. The Bertz CT molecular complexity index is 621. The van der Waals surface area contributed by atoms with E-state index in [0.29, 0.717) is 0 Å². The lowest BCUT2D eigenvalue weighted by molar-refractivity contribution is -0.140. The predicted octanol–water partition coefficient (Wildman–Crippen LogP) is 1.35. The molecule has 0 spiro atoms. The summed E-state index contributed by atoms with van der Waals surface area (Å²) in [6.45, 7) is -0.0568. The summed E-state index contributed by atoms with van der Waals surface area (Å²) in [4.78, 5) is 10.9. The topological polar surface area (TPSA) is 89.7 Å². The van der Waals surface area contributed by atoms with Crippen LogP contribution >= 0.6 is 15.9 Å². The van der Waals surface area contributed by atoms with Crippen molar-refractivity contribution in [2.24, 2.45) is 0 Å². The molecule has 0 saturated carbocycles. The number of halogens is 2. The van der Waals surface area contributed by atoms with Gasteiger partial charge in [-0.3, -0.25) is 4.79 Å². The summed E-state index contributed by atoms with van der Waals surface area (Å²) in [6.07, 6.45) is -0.0828. The molecular formula is C11H14BrFN2O4S. The molecule has 0 bridgehead atoms. The number of ether oxygens (including phenoxy) is 1. The van der Waals surface area contributed by atoms with Gasteiger partial charge >= 0.3 is 5.97 Å². The highest BCUT2D eigenvalue weighted by atomic mass is 79.9. The van der Waals surface area contributed by atoms with Crippen LogP contribution in [0.3, 0.4) is 0 Å². The molecule has 1 rings (SSSR count). The van der Waals surface area contributed by atoms with E-state index in [2.05, 4.69) is 20.7 Å². The first kappa shape index (κ1) is 16.9. The zero-order valence-electron chi connectivity index (χ0n) is 10.9. The first-order valence-electron chi connectivity index (χ1n) is 5.47. The van der Waals surface area contributed by atoms with E-state index in [1.165, 1.54) is 14.2 Å². The molecule has 20 heavy (non-hydrogen) atoms. The number of methoxy groups -OCH3 is 1. The van der Waals surface area contributed by atoms with Crippen molar-refractivity contribution in [2.75, 3.05) is 26.4 Å². The zero-order valence-corrected chi connectivity index (χ0v) is 13.3. The van der Waals surface area contributed by atoms with Crippen LogP contribution in [0.25, 0.3) is 0 Å². The predicted molar refractivity (Wildman–Crippen MR) is 75.0 cm³/mol. The third kappa shape index (κ3) is 3.68. The summed E-state index contributed by atoms with van der Waals surface area (Å²) in [5.74, 6) is -1.24. The lowest BCUT2D eigenvalue weighted by Crippen LogP contribution is -2.29. The Labute approximate surface area is 124 Å². The molecule has 0 unspecified atom stereocenters. The standard InChI is InChI=1S/C11H14BrFN2O4S/c1-15(4-3-11(16)19-2)20(17,18)10-6-9(14)8(13)5-7(10)12/h5-6H,3-4,14H2,1-2H3. The number of anilines is 1. The minimum Gasteiger partial charge on any atom is -0.469 e. The molecule has 6 nitrogen and oxygen atoms in total. The van der Waals surface area contributed by atoms with Gasteiger partial charge in [-0.2, -0.15) is 0 Å². The molecule has 0 heterocycles. The van der Waals surface area contributed by atoms with Crippen molar-refractivity contribution in [1.29, 1.82) is 0 Å². The van der Waals surface area contributed by atoms with Gasteiger partial charge in [0.2, 0.25) is 10.0 Å². The molecule has 0 fully saturated rings. The fourth-order valence-electron chi connectivity index (χ4n) is 1.38. The maximum absolute atomic E-state index is 13.2. The number of esters is 1. The van der Waals surface area contributed by atoms with Crippen molar-refractivity contribution in [3.05, 3.63) is 22.4 Å². The van der Waals surface area contributed by atoms with Gasteiger partial charge in [-0.1, -0.05) is 0 Å². The summed E-state index contributed by atoms with van der Waals surface area (Å²) in [6, 6.07) is 2.01.